The summed E-state index contributed by atoms with van der Waals surface area (Å²) >= 11 is 0. The van der Waals surface area contributed by atoms with Crippen molar-refractivity contribution in [1.82, 2.24) is 0 Å². The van der Waals surface area contributed by atoms with E-state index >= 15 is 0 Å². The molecule has 0 aromatic heterocycles. The van der Waals surface area contributed by atoms with Gasteiger partial charge in [-0.05, 0) is 12.1 Å². The van der Waals surface area contributed by atoms with Gasteiger partial charge in [-0.15, -0.1) is 12.4 Å². The van der Waals surface area contributed by atoms with Crippen molar-refractivity contribution in [3.05, 3.63) is 30.3 Å². The average molecular weight is 434 g/mol. The van der Waals surface area contributed by atoms with Gasteiger partial charge in [0.05, 0.1) is 17.3 Å². The molecular formula is C20H20ClN3O6. The highest BCUT2D eigenvalue weighted by atomic mass is 35.5. The molecule has 1 fully saturated rings. The lowest BCUT2D eigenvalue weighted by Gasteiger charge is -2.22. The number of halogens is 1. The molecule has 0 saturated carbocycles. The van der Waals surface area contributed by atoms with Crippen LogP contribution >= 0.6 is 12.4 Å². The second-order valence-corrected chi connectivity index (χ2v) is 7.02. The Kier molecular flexibility index (Phi) is 5.21. The van der Waals surface area contributed by atoms with E-state index in [2.05, 4.69) is 5.32 Å². The van der Waals surface area contributed by atoms with Crippen LogP contribution in [0, 0.1) is 5.92 Å². The van der Waals surface area contributed by atoms with Crippen molar-refractivity contribution >= 4 is 41.3 Å². The molecule has 3 aliphatic heterocycles. The quantitative estimate of drug-likeness (QED) is 0.713. The number of hydrogen-bond donors (Lipinski definition) is 2. The molecule has 3 N–H and O–H groups in total. The molecule has 10 heteroatoms. The van der Waals surface area contributed by atoms with Crippen LogP contribution in [0.15, 0.2) is 30.3 Å². The maximum absolute atomic E-state index is 12.8. The molecule has 0 aliphatic carbocycles. The van der Waals surface area contributed by atoms with E-state index in [4.69, 9.17) is 24.7 Å². The highest BCUT2D eigenvalue weighted by Crippen LogP contribution is 2.39. The van der Waals surface area contributed by atoms with Crippen LogP contribution in [0.4, 0.5) is 17.1 Å². The topological polar surface area (TPSA) is 112 Å². The zero-order valence-corrected chi connectivity index (χ0v) is 16.7. The number of ether oxygens (including phenoxy) is 4. The summed E-state index contributed by atoms with van der Waals surface area (Å²) < 4.78 is 21.7. The highest BCUT2D eigenvalue weighted by Gasteiger charge is 2.36. The number of nitrogens with one attached hydrogen (secondary N) is 1. The minimum atomic E-state index is -0.500. The molecule has 3 aliphatic rings. The van der Waals surface area contributed by atoms with Gasteiger partial charge in [0.25, 0.3) is 0 Å². The summed E-state index contributed by atoms with van der Waals surface area (Å²) in [7, 11) is 0. The number of benzene rings is 2. The van der Waals surface area contributed by atoms with E-state index in [0.717, 1.165) is 0 Å². The van der Waals surface area contributed by atoms with Crippen LogP contribution in [0.3, 0.4) is 0 Å². The summed E-state index contributed by atoms with van der Waals surface area (Å²) in [6, 6.07) is 8.58. The molecule has 1 saturated heterocycles. The average Bonchev–Trinajstić information content (AvgIpc) is 3.34. The Labute approximate surface area is 178 Å². The van der Waals surface area contributed by atoms with Crippen molar-refractivity contribution in [3.8, 4) is 23.0 Å². The number of amides is 2. The van der Waals surface area contributed by atoms with Crippen molar-refractivity contribution in [2.45, 2.75) is 6.42 Å². The number of carbonyl (C=O) groups is 2. The molecule has 2 amide bonds. The third kappa shape index (κ3) is 3.52. The van der Waals surface area contributed by atoms with E-state index in [0.29, 0.717) is 53.3 Å². The molecule has 158 valence electrons. The summed E-state index contributed by atoms with van der Waals surface area (Å²) in [5, 5.41) is 2.80. The van der Waals surface area contributed by atoms with Crippen molar-refractivity contribution < 1.29 is 28.5 Å². The third-order valence-electron chi connectivity index (χ3n) is 5.14. The van der Waals surface area contributed by atoms with Gasteiger partial charge in [-0.3, -0.25) is 9.59 Å². The van der Waals surface area contributed by atoms with Crippen LogP contribution in [0.25, 0.3) is 0 Å². The SMILES string of the molecule is Cl.Nc1cc2c(cc1NC(=O)C1CC(=O)N(c3ccc4c(c3)OCCO4)C1)OCO2. The first-order valence-corrected chi connectivity index (χ1v) is 9.28. The van der Waals surface area contributed by atoms with Gasteiger partial charge in [0.1, 0.15) is 13.2 Å². The Bertz CT molecular complexity index is 1010. The summed E-state index contributed by atoms with van der Waals surface area (Å²) in [6.45, 7) is 1.36. The number of rotatable bonds is 3. The molecule has 5 rings (SSSR count). The molecule has 1 atom stereocenters. The number of nitrogen functional groups attached to an aromatic ring is 1. The van der Waals surface area contributed by atoms with Gasteiger partial charge in [-0.2, -0.15) is 0 Å². The van der Waals surface area contributed by atoms with E-state index in [-0.39, 0.29) is 44.0 Å². The standard InChI is InChI=1S/C20H19N3O6.ClH/c21-13-7-17-18(29-10-28-17)8-14(13)22-20(25)11-5-19(24)23(9-11)12-1-2-15-16(6-12)27-4-3-26-15;/h1-2,6-8,11H,3-5,9-10,21H2,(H,22,25);1H. The van der Waals surface area contributed by atoms with Gasteiger partial charge in [0.15, 0.2) is 23.0 Å². The molecule has 9 nitrogen and oxygen atoms in total. The third-order valence-corrected chi connectivity index (χ3v) is 5.14. The minimum Gasteiger partial charge on any atom is -0.486 e. The second-order valence-electron chi connectivity index (χ2n) is 7.02. The van der Waals surface area contributed by atoms with Crippen molar-refractivity contribution in [2.75, 3.05) is 42.5 Å². The molecule has 3 heterocycles. The lowest BCUT2D eigenvalue weighted by molar-refractivity contribution is -0.122. The fourth-order valence-electron chi connectivity index (χ4n) is 3.63. The predicted molar refractivity (Wildman–Crippen MR) is 111 cm³/mol. The first-order valence-electron chi connectivity index (χ1n) is 9.28. The maximum Gasteiger partial charge on any atom is 0.231 e. The van der Waals surface area contributed by atoms with Crippen molar-refractivity contribution in [2.24, 2.45) is 5.92 Å². The first-order chi connectivity index (χ1) is 14.1. The zero-order chi connectivity index (χ0) is 20.0. The van der Waals surface area contributed by atoms with Gasteiger partial charge >= 0.3 is 0 Å². The Hall–Kier alpha value is -3.33. The zero-order valence-electron chi connectivity index (χ0n) is 15.9. The molecule has 0 spiro atoms. The van der Waals surface area contributed by atoms with E-state index in [1.54, 1.807) is 35.2 Å². The molecule has 0 radical (unpaired) electrons. The Balaban J connectivity index is 0.00000218. The second kappa shape index (κ2) is 7.83. The Morgan fingerprint density at radius 2 is 1.70 bits per heavy atom. The van der Waals surface area contributed by atoms with E-state index in [1.807, 2.05) is 0 Å². The van der Waals surface area contributed by atoms with E-state index in [9.17, 15) is 9.59 Å². The van der Waals surface area contributed by atoms with Crippen LogP contribution in [-0.4, -0.2) is 38.4 Å². The number of nitrogens with two attached hydrogens (primary N) is 1. The molecule has 30 heavy (non-hydrogen) atoms. The van der Waals surface area contributed by atoms with E-state index in [1.165, 1.54) is 0 Å². The van der Waals surface area contributed by atoms with E-state index < -0.39 is 5.92 Å². The Morgan fingerprint density at radius 3 is 2.50 bits per heavy atom. The smallest absolute Gasteiger partial charge is 0.231 e. The van der Waals surface area contributed by atoms with Crippen LogP contribution in [0.5, 0.6) is 23.0 Å². The first kappa shape index (κ1) is 20.0. The van der Waals surface area contributed by atoms with Crippen LogP contribution in [0.2, 0.25) is 0 Å². The summed E-state index contributed by atoms with van der Waals surface area (Å²) in [5.41, 5.74) is 7.48. The van der Waals surface area contributed by atoms with Crippen LogP contribution < -0.4 is 34.9 Å². The maximum atomic E-state index is 12.8. The predicted octanol–water partition coefficient (Wildman–Crippen LogP) is 2.18. The fourth-order valence-corrected chi connectivity index (χ4v) is 3.63. The largest absolute Gasteiger partial charge is 0.486 e. The molecular weight excluding hydrogens is 414 g/mol. The van der Waals surface area contributed by atoms with Crippen molar-refractivity contribution in [3.63, 3.8) is 0 Å². The normalized spacial score (nSPS) is 18.7. The van der Waals surface area contributed by atoms with Gasteiger partial charge in [0.2, 0.25) is 18.6 Å². The number of hydrogen-bond acceptors (Lipinski definition) is 7. The summed E-state index contributed by atoms with van der Waals surface area (Å²) in [6.07, 6.45) is 0.116. The molecule has 0 bridgehead atoms. The molecule has 2 aromatic carbocycles. The molecule has 1 unspecified atom stereocenters. The van der Waals surface area contributed by atoms with Crippen molar-refractivity contribution in [1.29, 1.82) is 0 Å². The number of fused-ring (bicyclic) bond motifs is 2. The van der Waals surface area contributed by atoms with Gasteiger partial charge < -0.3 is 34.9 Å². The Morgan fingerprint density at radius 1 is 1.00 bits per heavy atom. The number of nitrogens with zero attached hydrogens (tertiary/aromatic N) is 1. The van der Waals surface area contributed by atoms with Gasteiger partial charge in [-0.1, -0.05) is 0 Å². The highest BCUT2D eigenvalue weighted by molar-refractivity contribution is 6.04. The number of carbonyl (C=O) groups excluding carboxylic acids is 2. The minimum absolute atomic E-state index is 0. The molecule has 2 aromatic rings. The lowest BCUT2D eigenvalue weighted by atomic mass is 10.1. The summed E-state index contributed by atoms with van der Waals surface area (Å²) in [5.74, 6) is 1.42. The van der Waals surface area contributed by atoms with Gasteiger partial charge in [0, 0.05) is 36.9 Å². The van der Waals surface area contributed by atoms with Gasteiger partial charge in [-0.25, -0.2) is 0 Å². The monoisotopic (exact) mass is 433 g/mol. The lowest BCUT2D eigenvalue weighted by Crippen LogP contribution is -2.28. The van der Waals surface area contributed by atoms with Crippen LogP contribution in [0.1, 0.15) is 6.42 Å². The summed E-state index contributed by atoms with van der Waals surface area (Å²) in [4.78, 5) is 26.9. The van der Waals surface area contributed by atoms with Crippen LogP contribution in [-0.2, 0) is 9.59 Å². The fraction of sp³-hybridized carbons (Fsp3) is 0.300. The number of anilines is 3.